The molecule has 1 rings (SSSR count). The Morgan fingerprint density at radius 2 is 2.20 bits per heavy atom. The van der Waals surface area contributed by atoms with Gasteiger partial charge in [0.15, 0.2) is 0 Å². The molecule has 0 aliphatic rings. The lowest BCUT2D eigenvalue weighted by atomic mass is 10.2. The molecule has 1 aromatic rings. The summed E-state index contributed by atoms with van der Waals surface area (Å²) in [6.07, 6.45) is 1.48. The minimum Gasteiger partial charge on any atom is -0.462 e. The molecule has 6 nitrogen and oxygen atoms in total. The fraction of sp³-hybridized carbons (Fsp3) is 0.643. The van der Waals surface area contributed by atoms with E-state index < -0.39 is 5.97 Å². The van der Waals surface area contributed by atoms with Crippen molar-refractivity contribution in [3.63, 3.8) is 0 Å². The van der Waals surface area contributed by atoms with Gasteiger partial charge in [-0.25, -0.2) is 14.8 Å². The van der Waals surface area contributed by atoms with Crippen molar-refractivity contribution in [2.75, 3.05) is 31.7 Å². The average molecular weight is 281 g/mol. The summed E-state index contributed by atoms with van der Waals surface area (Å²) in [4.78, 5) is 19.9. The number of rotatable bonds is 8. The van der Waals surface area contributed by atoms with E-state index in [9.17, 15) is 4.79 Å². The summed E-state index contributed by atoms with van der Waals surface area (Å²) in [5.74, 6) is 0.623. The minimum absolute atomic E-state index is 0.339. The molecule has 0 bridgehead atoms. The third kappa shape index (κ3) is 5.52. The number of aromatic nitrogens is 2. The summed E-state index contributed by atoms with van der Waals surface area (Å²) in [6, 6.07) is 0. The van der Waals surface area contributed by atoms with Crippen LogP contribution in [0.15, 0.2) is 6.20 Å². The molecule has 0 fully saturated rings. The highest BCUT2D eigenvalue weighted by molar-refractivity contribution is 5.90. The van der Waals surface area contributed by atoms with Crippen LogP contribution in [0.1, 0.15) is 36.8 Å². The molecule has 0 aliphatic carbocycles. The molecule has 0 unspecified atom stereocenters. The van der Waals surface area contributed by atoms with E-state index in [0.29, 0.717) is 42.9 Å². The lowest BCUT2D eigenvalue weighted by molar-refractivity contribution is 0.0524. The number of ether oxygens (including phenoxy) is 2. The van der Waals surface area contributed by atoms with Crippen LogP contribution in [0.3, 0.4) is 0 Å². The zero-order valence-electron chi connectivity index (χ0n) is 12.6. The summed E-state index contributed by atoms with van der Waals surface area (Å²) < 4.78 is 10.4. The van der Waals surface area contributed by atoms with Crippen molar-refractivity contribution in [1.29, 1.82) is 0 Å². The van der Waals surface area contributed by atoms with Crippen LogP contribution < -0.4 is 5.32 Å². The van der Waals surface area contributed by atoms with E-state index in [2.05, 4.69) is 29.1 Å². The number of nitrogens with one attached hydrogen (secondary N) is 1. The van der Waals surface area contributed by atoms with Crippen molar-refractivity contribution in [1.82, 2.24) is 9.97 Å². The number of hydrogen-bond acceptors (Lipinski definition) is 6. The van der Waals surface area contributed by atoms with Gasteiger partial charge in [-0.2, -0.15) is 0 Å². The molecule has 0 amide bonds. The van der Waals surface area contributed by atoms with E-state index >= 15 is 0 Å². The highest BCUT2D eigenvalue weighted by atomic mass is 16.5. The average Bonchev–Trinajstić information content (AvgIpc) is 2.38. The zero-order valence-corrected chi connectivity index (χ0v) is 12.6. The molecule has 0 aromatic carbocycles. The maximum atomic E-state index is 11.6. The van der Waals surface area contributed by atoms with Crippen LogP contribution in [0.25, 0.3) is 0 Å². The van der Waals surface area contributed by atoms with Gasteiger partial charge < -0.3 is 14.8 Å². The number of aryl methyl sites for hydroxylation is 1. The Bertz CT molecular complexity index is 436. The lowest BCUT2D eigenvalue weighted by Crippen LogP contribution is -2.15. The smallest absolute Gasteiger partial charge is 0.341 e. The van der Waals surface area contributed by atoms with Crippen LogP contribution in [0.5, 0.6) is 0 Å². The van der Waals surface area contributed by atoms with Crippen molar-refractivity contribution in [2.24, 2.45) is 5.92 Å². The van der Waals surface area contributed by atoms with E-state index in [1.54, 1.807) is 13.8 Å². The van der Waals surface area contributed by atoms with Gasteiger partial charge in [0.25, 0.3) is 0 Å². The van der Waals surface area contributed by atoms with Crippen LogP contribution in [0.2, 0.25) is 0 Å². The predicted molar refractivity (Wildman–Crippen MR) is 76.9 cm³/mol. The molecule has 0 aliphatic heterocycles. The van der Waals surface area contributed by atoms with Gasteiger partial charge in [0.1, 0.15) is 0 Å². The van der Waals surface area contributed by atoms with Gasteiger partial charge in [-0.3, -0.25) is 0 Å². The summed E-state index contributed by atoms with van der Waals surface area (Å²) >= 11 is 0. The van der Waals surface area contributed by atoms with E-state index in [4.69, 9.17) is 9.47 Å². The number of anilines is 1. The first kappa shape index (κ1) is 16.4. The van der Waals surface area contributed by atoms with Gasteiger partial charge in [0, 0.05) is 19.3 Å². The van der Waals surface area contributed by atoms with E-state index in [0.717, 1.165) is 6.61 Å². The number of hydrogen-bond donors (Lipinski definition) is 1. The standard InChI is InChI=1S/C14H23N3O3/c1-5-20-13(18)12-8-16-14(17-11(12)4)15-6-7-19-9-10(2)3/h8,10H,5-7,9H2,1-4H3,(H,15,16,17). The number of esters is 1. The van der Waals surface area contributed by atoms with Crippen LogP contribution in [-0.4, -0.2) is 42.3 Å². The van der Waals surface area contributed by atoms with Gasteiger partial charge in [0.05, 0.1) is 24.5 Å². The molecular formula is C14H23N3O3. The molecule has 0 atom stereocenters. The quantitative estimate of drug-likeness (QED) is 0.580. The third-order valence-electron chi connectivity index (χ3n) is 2.46. The molecule has 0 radical (unpaired) electrons. The molecule has 1 N–H and O–H groups in total. The number of carbonyl (C=O) groups is 1. The second-order valence-corrected chi connectivity index (χ2v) is 4.81. The monoisotopic (exact) mass is 281 g/mol. The fourth-order valence-corrected chi connectivity index (χ4v) is 1.52. The van der Waals surface area contributed by atoms with Gasteiger partial charge in [-0.05, 0) is 19.8 Å². The Kier molecular flexibility index (Phi) is 6.93. The second-order valence-electron chi connectivity index (χ2n) is 4.81. The molecule has 6 heteroatoms. The van der Waals surface area contributed by atoms with Crippen LogP contribution in [0.4, 0.5) is 5.95 Å². The van der Waals surface area contributed by atoms with Crippen molar-refractivity contribution < 1.29 is 14.3 Å². The van der Waals surface area contributed by atoms with E-state index in [1.165, 1.54) is 6.20 Å². The molecule has 1 heterocycles. The van der Waals surface area contributed by atoms with Crippen LogP contribution in [-0.2, 0) is 9.47 Å². The second kappa shape index (κ2) is 8.47. The minimum atomic E-state index is -0.392. The van der Waals surface area contributed by atoms with E-state index in [1.807, 2.05) is 0 Å². The largest absolute Gasteiger partial charge is 0.462 e. The lowest BCUT2D eigenvalue weighted by Gasteiger charge is -2.09. The van der Waals surface area contributed by atoms with Crippen molar-refractivity contribution in [3.8, 4) is 0 Å². The maximum Gasteiger partial charge on any atom is 0.341 e. The van der Waals surface area contributed by atoms with Crippen molar-refractivity contribution in [3.05, 3.63) is 17.5 Å². The van der Waals surface area contributed by atoms with Gasteiger partial charge in [-0.1, -0.05) is 13.8 Å². The molecule has 112 valence electrons. The first-order valence-corrected chi connectivity index (χ1v) is 6.87. The molecule has 20 heavy (non-hydrogen) atoms. The summed E-state index contributed by atoms with van der Waals surface area (Å²) in [6.45, 7) is 10.0. The molecule has 0 spiro atoms. The normalized spacial score (nSPS) is 10.7. The summed E-state index contributed by atoms with van der Waals surface area (Å²) in [5, 5.41) is 3.06. The van der Waals surface area contributed by atoms with Crippen LogP contribution >= 0.6 is 0 Å². The molecular weight excluding hydrogens is 258 g/mol. The zero-order chi connectivity index (χ0) is 15.0. The highest BCUT2D eigenvalue weighted by Crippen LogP contribution is 2.08. The predicted octanol–water partition coefficient (Wildman–Crippen LogP) is 2.05. The first-order chi connectivity index (χ1) is 9.54. The Morgan fingerprint density at radius 3 is 2.80 bits per heavy atom. The summed E-state index contributed by atoms with van der Waals surface area (Å²) in [5.41, 5.74) is 0.998. The molecule has 0 saturated carbocycles. The molecule has 1 aromatic heterocycles. The SMILES string of the molecule is CCOC(=O)c1cnc(NCCOCC(C)C)nc1C. The summed E-state index contributed by atoms with van der Waals surface area (Å²) in [7, 11) is 0. The topological polar surface area (TPSA) is 73.3 Å². The Morgan fingerprint density at radius 1 is 1.45 bits per heavy atom. The Hall–Kier alpha value is -1.69. The number of nitrogens with zero attached hydrogens (tertiary/aromatic N) is 2. The van der Waals surface area contributed by atoms with Gasteiger partial charge in [-0.15, -0.1) is 0 Å². The van der Waals surface area contributed by atoms with Gasteiger partial charge >= 0.3 is 5.97 Å². The van der Waals surface area contributed by atoms with Crippen molar-refractivity contribution >= 4 is 11.9 Å². The number of carbonyl (C=O) groups excluding carboxylic acids is 1. The highest BCUT2D eigenvalue weighted by Gasteiger charge is 2.12. The molecule has 0 saturated heterocycles. The first-order valence-electron chi connectivity index (χ1n) is 6.87. The fourth-order valence-electron chi connectivity index (χ4n) is 1.52. The Labute approximate surface area is 119 Å². The van der Waals surface area contributed by atoms with Crippen LogP contribution in [0, 0.1) is 12.8 Å². The Balaban J connectivity index is 2.45. The van der Waals surface area contributed by atoms with Gasteiger partial charge in [0.2, 0.25) is 5.95 Å². The maximum absolute atomic E-state index is 11.6. The van der Waals surface area contributed by atoms with Crippen molar-refractivity contribution in [2.45, 2.75) is 27.7 Å². The third-order valence-corrected chi connectivity index (χ3v) is 2.46. The van der Waals surface area contributed by atoms with E-state index in [-0.39, 0.29) is 0 Å².